The van der Waals surface area contributed by atoms with Crippen molar-refractivity contribution in [2.45, 2.75) is 181 Å². The fourth-order valence-corrected chi connectivity index (χ4v) is 16.3. The van der Waals surface area contributed by atoms with Crippen LogP contribution in [0.3, 0.4) is 0 Å². The lowest BCUT2D eigenvalue weighted by Crippen LogP contribution is -2.34. The van der Waals surface area contributed by atoms with E-state index in [1.54, 1.807) is 0 Å². The van der Waals surface area contributed by atoms with Crippen molar-refractivity contribution in [1.29, 1.82) is 0 Å². The Bertz CT molecular complexity index is 3840. The third kappa shape index (κ3) is 23.9. The second-order valence-electron chi connectivity index (χ2n) is 32.3. The van der Waals surface area contributed by atoms with Gasteiger partial charge in [0.15, 0.2) is 17.1 Å². The zero-order valence-electron chi connectivity index (χ0n) is 62.9. The van der Waals surface area contributed by atoms with Crippen LogP contribution in [0.2, 0.25) is 103 Å². The first-order valence-electron chi connectivity index (χ1n) is 36.8. The summed E-state index contributed by atoms with van der Waals surface area (Å²) in [7, 11) is -5.03. The maximum Gasteiger partial charge on any atom is 0.308 e. The van der Waals surface area contributed by atoms with Gasteiger partial charge in [-0.05, 0) is 142 Å². The molecule has 8 aromatic rings. The molecule has 0 amide bonds. The number of ether oxygens (including phenoxy) is 6. The first-order chi connectivity index (χ1) is 48.2. The number of benzene rings is 2. The highest BCUT2D eigenvalue weighted by molar-refractivity contribution is 9.10. The van der Waals surface area contributed by atoms with Crippen LogP contribution in [0.25, 0.3) is 56.1 Å². The summed E-state index contributed by atoms with van der Waals surface area (Å²) >= 11 is 4.02. The minimum absolute atomic E-state index is 0.00194. The Morgan fingerprint density at radius 1 is 0.475 bits per heavy atom. The van der Waals surface area contributed by atoms with Crippen molar-refractivity contribution >= 4 is 83.1 Å². The van der Waals surface area contributed by atoms with E-state index in [1.807, 2.05) is 84.1 Å². The Labute approximate surface area is 613 Å². The van der Waals surface area contributed by atoms with E-state index in [9.17, 15) is 9.59 Å². The van der Waals surface area contributed by atoms with Crippen molar-refractivity contribution in [3.8, 4) is 44.8 Å². The minimum atomic E-state index is -1.27. The Hall–Kier alpha value is -6.29. The van der Waals surface area contributed by atoms with Crippen LogP contribution >= 0.6 is 15.9 Å². The van der Waals surface area contributed by atoms with E-state index in [2.05, 4.69) is 159 Å². The number of esters is 2. The lowest BCUT2D eigenvalue weighted by Gasteiger charge is -2.29. The first kappa shape index (κ1) is 78.8. The molecule has 2 aromatic carbocycles. The van der Waals surface area contributed by atoms with Crippen molar-refractivity contribution in [3.05, 3.63) is 132 Å². The van der Waals surface area contributed by atoms with E-state index < -0.39 is 32.3 Å². The summed E-state index contributed by atoms with van der Waals surface area (Å²) in [6.45, 7) is 37.5. The fraction of sp³-hybridized carbons (Fsp3) is 0.538. The molecule has 0 bridgehead atoms. The van der Waals surface area contributed by atoms with Gasteiger partial charge in [-0.2, -0.15) is 19.2 Å². The van der Waals surface area contributed by atoms with Gasteiger partial charge in [-0.15, -0.1) is 0 Å². The molecule has 6 heterocycles. The number of hydrogen-bond acceptors (Lipinski definition) is 16. The molecule has 0 aliphatic heterocycles. The van der Waals surface area contributed by atoms with Crippen molar-refractivity contribution in [3.63, 3.8) is 0 Å². The van der Waals surface area contributed by atoms with E-state index >= 15 is 0 Å². The number of anilines is 2. The largest absolute Gasteiger partial charge is 0.466 e. The summed E-state index contributed by atoms with van der Waals surface area (Å²) in [6, 6.07) is 35.3. The van der Waals surface area contributed by atoms with Gasteiger partial charge in [0.2, 0.25) is 0 Å². The molecular weight excluding hydrogens is 1400 g/mol. The molecule has 2 fully saturated rings. The van der Waals surface area contributed by atoms with Gasteiger partial charge in [-0.3, -0.25) is 19.6 Å². The lowest BCUT2D eigenvalue weighted by molar-refractivity contribution is -0.150. The zero-order chi connectivity index (χ0) is 72.3. The van der Waals surface area contributed by atoms with Crippen molar-refractivity contribution < 1.29 is 38.0 Å². The van der Waals surface area contributed by atoms with Crippen LogP contribution in [-0.4, -0.2) is 150 Å². The molecule has 6 aromatic heterocycles. The SMILES string of the molecule is CCOC(=O)C1CCC(Cc2cc(N(COCC[Si](C)(C)C)COCC[Si](C)(C)C)n3ncc(-c4ccc(-c5ccccc5)nc4)c3n2)CC1.CCOC(=O)C1CCC(Cc2nc3c(-c4ccc(-c5ccccc5)nc4)cnn3c(N(COCC[Si](C)(C)C)COCC[Si](C)(C)C)c2Br)CC1. The number of pyridine rings is 2. The number of halogens is 1. The molecule has 2 aliphatic carbocycles. The van der Waals surface area contributed by atoms with E-state index in [0.29, 0.717) is 65.2 Å². The molecule has 0 unspecified atom stereocenters. The van der Waals surface area contributed by atoms with Gasteiger partial charge in [0, 0.05) is 116 Å². The monoisotopic (exact) mass is 1510 g/mol. The van der Waals surface area contributed by atoms with Crippen LogP contribution in [0.15, 0.2) is 120 Å². The van der Waals surface area contributed by atoms with E-state index in [1.165, 1.54) is 0 Å². The number of fused-ring (bicyclic) bond motifs is 2. The molecule has 0 N–H and O–H groups in total. The van der Waals surface area contributed by atoms with Crippen molar-refractivity contribution in [2.24, 2.45) is 23.7 Å². The van der Waals surface area contributed by atoms with Crippen LogP contribution in [0, 0.1) is 23.7 Å². The number of rotatable bonds is 34. The van der Waals surface area contributed by atoms with Gasteiger partial charge in [0.25, 0.3) is 0 Å². The molecule has 546 valence electrons. The Morgan fingerprint density at radius 3 is 1.27 bits per heavy atom. The van der Waals surface area contributed by atoms with Crippen molar-refractivity contribution in [1.82, 2.24) is 39.2 Å². The Morgan fingerprint density at radius 2 is 0.871 bits per heavy atom. The summed E-state index contributed by atoms with van der Waals surface area (Å²) in [5.41, 5.74) is 11.3. The highest BCUT2D eigenvalue weighted by Gasteiger charge is 2.32. The molecule has 101 heavy (non-hydrogen) atoms. The molecule has 0 atom stereocenters. The molecule has 0 spiro atoms. The maximum atomic E-state index is 12.5. The van der Waals surface area contributed by atoms with Gasteiger partial charge >= 0.3 is 11.9 Å². The van der Waals surface area contributed by atoms with Crippen molar-refractivity contribution in [2.75, 3.05) is 76.4 Å². The van der Waals surface area contributed by atoms with Crippen LogP contribution in [0.4, 0.5) is 11.6 Å². The predicted molar refractivity (Wildman–Crippen MR) is 423 cm³/mol. The normalized spacial score (nSPS) is 16.8. The van der Waals surface area contributed by atoms with Gasteiger partial charge in [0.05, 0.1) is 59.0 Å². The van der Waals surface area contributed by atoms with Crippen LogP contribution in [0.1, 0.15) is 76.6 Å². The van der Waals surface area contributed by atoms with E-state index in [-0.39, 0.29) is 23.8 Å². The van der Waals surface area contributed by atoms with E-state index in [4.69, 9.17) is 58.6 Å². The molecule has 10 rings (SSSR count). The Kier molecular flexibility index (Phi) is 28.8. The molecule has 0 saturated heterocycles. The highest BCUT2D eigenvalue weighted by atomic mass is 79.9. The van der Waals surface area contributed by atoms with Gasteiger partial charge in [0.1, 0.15) is 32.7 Å². The van der Waals surface area contributed by atoms with Gasteiger partial charge in [-0.25, -0.2) is 9.97 Å². The lowest BCUT2D eigenvalue weighted by atomic mass is 9.80. The number of hydrogen-bond donors (Lipinski definition) is 0. The third-order valence-corrected chi connectivity index (χ3v) is 26.6. The van der Waals surface area contributed by atoms with Gasteiger partial charge in [-0.1, -0.05) is 151 Å². The van der Waals surface area contributed by atoms with Crippen LogP contribution < -0.4 is 9.80 Å². The van der Waals surface area contributed by atoms with E-state index in [0.717, 1.165) is 185 Å². The molecule has 18 nitrogen and oxygen atoms in total. The first-order valence-corrected chi connectivity index (χ1v) is 52.5. The Balaban J connectivity index is 0.000000235. The molecule has 2 saturated carbocycles. The maximum absolute atomic E-state index is 12.5. The fourth-order valence-electron chi connectivity index (χ4n) is 12.6. The molecule has 2 aliphatic rings. The van der Waals surface area contributed by atoms with Gasteiger partial charge < -0.3 is 38.2 Å². The summed E-state index contributed by atoms with van der Waals surface area (Å²) in [5.74, 6) is 2.50. The predicted octanol–water partition coefficient (Wildman–Crippen LogP) is 18.4. The summed E-state index contributed by atoms with van der Waals surface area (Å²) in [4.78, 5) is 49.4. The number of carbonyl (C=O) groups excluding carboxylic acids is 2. The third-order valence-electron chi connectivity index (χ3n) is 18.9. The molecule has 0 radical (unpaired) electrons. The second-order valence-corrected chi connectivity index (χ2v) is 55.6. The number of aromatic nitrogens is 8. The summed E-state index contributed by atoms with van der Waals surface area (Å²) < 4.78 is 40.9. The molecule has 23 heteroatoms. The average Bonchev–Trinajstić information content (AvgIpc) is 1.67. The summed E-state index contributed by atoms with van der Waals surface area (Å²) in [6.07, 6.45) is 16.5. The zero-order valence-corrected chi connectivity index (χ0v) is 68.5. The molecular formula is C78H113BrN10O8Si4. The highest BCUT2D eigenvalue weighted by Crippen LogP contribution is 2.40. The summed E-state index contributed by atoms with van der Waals surface area (Å²) in [5, 5.41) is 9.84. The van der Waals surface area contributed by atoms with Crippen LogP contribution in [0.5, 0.6) is 0 Å². The number of carbonyl (C=O) groups is 2. The second kappa shape index (κ2) is 36.9. The average molecular weight is 1510 g/mol. The topological polar surface area (TPSA) is 182 Å². The standard InChI is InChI=1S/C39H56BrN5O4Si2.C39H57N5O4Si2/c1-8-49-39(46)31-16-14-29(15-17-31)24-35-36(40)38(44(27-47-20-22-50(2,3)4)28-48-21-23-51(5,6)7)45-37(43-35)33(26-42-45)32-18-19-34(41-25-32)30-12-10-9-11-13-30;1-8-48-39(45)32-16-14-30(15-17-32)24-34-25-37(43(28-46-20-22-49(2,3)4)29-47-21-23-50(5,6)7)44-38(42-34)35(27-41-44)33-18-19-36(40-26-33)31-12-10-9-11-13-31/h9-13,18-19,25-26,29,31H,8,14-17,20-24,27-28H2,1-7H3;9-13,18-19,25-27,30,32H,8,14-17,20-24,28-29H2,1-7H3. The smallest absolute Gasteiger partial charge is 0.308 e. The number of nitrogens with zero attached hydrogens (tertiary/aromatic N) is 10. The minimum Gasteiger partial charge on any atom is -0.466 e. The van der Waals surface area contributed by atoms with Crippen LogP contribution in [-0.2, 0) is 50.9 Å². The quantitative estimate of drug-likeness (QED) is 0.0161.